The average Bonchev–Trinajstić information content (AvgIpc) is 3.44. The van der Waals surface area contributed by atoms with E-state index in [-0.39, 0.29) is 23.8 Å². The van der Waals surface area contributed by atoms with Crippen molar-refractivity contribution in [1.82, 2.24) is 0 Å². The number of nitro benzene ring substituents is 1. The summed E-state index contributed by atoms with van der Waals surface area (Å²) in [5, 5.41) is 23.0. The fourth-order valence-corrected chi connectivity index (χ4v) is 2.97. The topological polar surface area (TPSA) is 119 Å². The fraction of sp³-hybridized carbons (Fsp3) is 0.0455. The van der Waals surface area contributed by atoms with Crippen LogP contribution in [0.25, 0.3) is 22.6 Å². The van der Waals surface area contributed by atoms with Gasteiger partial charge in [0, 0.05) is 17.3 Å². The molecule has 0 spiro atoms. The summed E-state index contributed by atoms with van der Waals surface area (Å²) in [6.45, 7) is -0.175. The van der Waals surface area contributed by atoms with E-state index in [0.29, 0.717) is 22.8 Å². The molecular weight excluding hydrogens is 388 g/mol. The normalized spacial score (nSPS) is 10.7. The Labute approximate surface area is 170 Å². The van der Waals surface area contributed by atoms with Crippen molar-refractivity contribution >= 4 is 17.3 Å². The Morgan fingerprint density at radius 2 is 1.67 bits per heavy atom. The zero-order chi connectivity index (χ0) is 21.1. The zero-order valence-corrected chi connectivity index (χ0v) is 15.6. The molecule has 0 saturated heterocycles. The van der Waals surface area contributed by atoms with Crippen molar-refractivity contribution in [3.8, 4) is 22.6 Å². The highest BCUT2D eigenvalue weighted by molar-refractivity contribution is 6.02. The summed E-state index contributed by atoms with van der Waals surface area (Å²) in [4.78, 5) is 23.2. The van der Waals surface area contributed by atoms with Gasteiger partial charge in [-0.1, -0.05) is 12.1 Å². The van der Waals surface area contributed by atoms with Crippen LogP contribution < -0.4 is 5.32 Å². The lowest BCUT2D eigenvalue weighted by Gasteiger charge is -2.04. The number of hydrogen-bond acceptors (Lipinski definition) is 6. The minimum Gasteiger partial charge on any atom is -0.459 e. The van der Waals surface area contributed by atoms with Gasteiger partial charge in [0.2, 0.25) is 0 Å². The first-order valence-corrected chi connectivity index (χ1v) is 9.00. The third kappa shape index (κ3) is 3.85. The first-order valence-electron chi connectivity index (χ1n) is 9.00. The van der Waals surface area contributed by atoms with Crippen LogP contribution in [0.1, 0.15) is 16.3 Å². The molecule has 0 aliphatic carbocycles. The molecule has 4 rings (SSSR count). The van der Waals surface area contributed by atoms with Gasteiger partial charge in [-0.25, -0.2) is 0 Å². The van der Waals surface area contributed by atoms with Crippen LogP contribution in [0.15, 0.2) is 81.6 Å². The second-order valence-corrected chi connectivity index (χ2v) is 6.39. The summed E-state index contributed by atoms with van der Waals surface area (Å²) in [6.07, 6.45) is 0. The van der Waals surface area contributed by atoms with Gasteiger partial charge in [-0.05, 0) is 54.6 Å². The maximum atomic E-state index is 12.5. The molecule has 1 amide bonds. The van der Waals surface area contributed by atoms with E-state index in [0.717, 1.165) is 5.56 Å². The molecule has 0 aliphatic rings. The van der Waals surface area contributed by atoms with Gasteiger partial charge >= 0.3 is 0 Å². The predicted molar refractivity (Wildman–Crippen MR) is 109 cm³/mol. The van der Waals surface area contributed by atoms with Gasteiger partial charge in [-0.3, -0.25) is 14.9 Å². The molecule has 0 unspecified atom stereocenters. The van der Waals surface area contributed by atoms with Crippen LogP contribution in [-0.4, -0.2) is 15.9 Å². The van der Waals surface area contributed by atoms with Gasteiger partial charge in [0.05, 0.1) is 10.5 Å². The minimum absolute atomic E-state index is 0.0332. The van der Waals surface area contributed by atoms with Crippen molar-refractivity contribution in [2.45, 2.75) is 6.61 Å². The van der Waals surface area contributed by atoms with Crippen molar-refractivity contribution < 1.29 is 23.7 Å². The SMILES string of the molecule is O=C(Nc1ccc(-c2ccc(CO)o2)cc1)c1ccc(-c2ccccc2[N+](=O)[O-])o1. The number of carbonyl (C=O) groups excluding carboxylic acids is 1. The number of benzene rings is 2. The number of aliphatic hydroxyl groups excluding tert-OH is 1. The van der Waals surface area contributed by atoms with Crippen LogP contribution in [0, 0.1) is 10.1 Å². The maximum absolute atomic E-state index is 12.5. The third-order valence-corrected chi connectivity index (χ3v) is 4.44. The van der Waals surface area contributed by atoms with Gasteiger partial charge in [-0.2, -0.15) is 0 Å². The molecule has 2 aromatic heterocycles. The van der Waals surface area contributed by atoms with E-state index in [2.05, 4.69) is 5.32 Å². The number of nitrogens with zero attached hydrogens (tertiary/aromatic N) is 1. The minimum atomic E-state index is -0.498. The zero-order valence-electron chi connectivity index (χ0n) is 15.6. The Morgan fingerprint density at radius 1 is 0.933 bits per heavy atom. The molecule has 30 heavy (non-hydrogen) atoms. The van der Waals surface area contributed by atoms with E-state index in [1.54, 1.807) is 54.6 Å². The molecule has 0 radical (unpaired) electrons. The summed E-state index contributed by atoms with van der Waals surface area (Å²) in [7, 11) is 0. The highest BCUT2D eigenvalue weighted by Gasteiger charge is 2.19. The predicted octanol–water partition coefficient (Wildman–Crippen LogP) is 4.86. The molecule has 0 aliphatic heterocycles. The first kappa shape index (κ1) is 19.2. The molecule has 150 valence electrons. The summed E-state index contributed by atoms with van der Waals surface area (Å²) in [5.74, 6) is 0.867. The lowest BCUT2D eigenvalue weighted by molar-refractivity contribution is -0.384. The second kappa shape index (κ2) is 8.06. The first-order chi connectivity index (χ1) is 14.5. The molecule has 2 heterocycles. The Bertz CT molecular complexity index is 1210. The molecular formula is C22H16N2O6. The third-order valence-electron chi connectivity index (χ3n) is 4.44. The molecule has 8 heteroatoms. The number of nitro groups is 1. The van der Waals surface area contributed by atoms with Crippen molar-refractivity contribution in [2.75, 3.05) is 5.32 Å². The van der Waals surface area contributed by atoms with Crippen molar-refractivity contribution in [3.05, 3.63) is 94.4 Å². The standard InChI is InChI=1S/C22H16N2O6/c25-13-16-9-10-19(29-16)14-5-7-15(8-6-14)23-22(26)21-12-11-20(30-21)17-3-1-2-4-18(17)24(27)28/h1-12,25H,13H2,(H,23,26). The fourth-order valence-electron chi connectivity index (χ4n) is 2.97. The van der Waals surface area contributed by atoms with Crippen LogP contribution in [0.4, 0.5) is 11.4 Å². The Morgan fingerprint density at radius 3 is 2.37 bits per heavy atom. The number of carbonyl (C=O) groups is 1. The van der Waals surface area contributed by atoms with Crippen molar-refractivity contribution in [2.24, 2.45) is 0 Å². The van der Waals surface area contributed by atoms with Gasteiger partial charge in [0.25, 0.3) is 11.6 Å². The van der Waals surface area contributed by atoms with E-state index in [9.17, 15) is 14.9 Å². The van der Waals surface area contributed by atoms with Gasteiger partial charge in [-0.15, -0.1) is 0 Å². The summed E-state index contributed by atoms with van der Waals surface area (Å²) < 4.78 is 11.0. The van der Waals surface area contributed by atoms with Crippen LogP contribution in [-0.2, 0) is 6.61 Å². The Balaban J connectivity index is 1.49. The van der Waals surface area contributed by atoms with E-state index in [1.807, 2.05) is 0 Å². The van der Waals surface area contributed by atoms with Crippen LogP contribution >= 0.6 is 0 Å². The summed E-state index contributed by atoms with van der Waals surface area (Å²) in [6, 6.07) is 19.6. The van der Waals surface area contributed by atoms with Gasteiger partial charge in [0.1, 0.15) is 23.9 Å². The van der Waals surface area contributed by atoms with Crippen LogP contribution in [0.3, 0.4) is 0 Å². The molecule has 2 N–H and O–H groups in total. The average molecular weight is 404 g/mol. The van der Waals surface area contributed by atoms with E-state index < -0.39 is 10.8 Å². The summed E-state index contributed by atoms with van der Waals surface area (Å²) >= 11 is 0. The molecule has 0 fully saturated rings. The number of para-hydroxylation sites is 1. The molecule has 2 aromatic carbocycles. The largest absolute Gasteiger partial charge is 0.459 e. The number of hydrogen-bond donors (Lipinski definition) is 2. The second-order valence-electron chi connectivity index (χ2n) is 6.39. The highest BCUT2D eigenvalue weighted by Crippen LogP contribution is 2.31. The molecule has 0 saturated carbocycles. The number of aliphatic hydroxyl groups is 1. The molecule has 4 aromatic rings. The number of anilines is 1. The molecule has 0 atom stereocenters. The maximum Gasteiger partial charge on any atom is 0.291 e. The van der Waals surface area contributed by atoms with E-state index >= 15 is 0 Å². The number of amides is 1. The smallest absolute Gasteiger partial charge is 0.291 e. The quantitative estimate of drug-likeness (QED) is 0.350. The van der Waals surface area contributed by atoms with E-state index in [4.69, 9.17) is 13.9 Å². The number of furan rings is 2. The van der Waals surface area contributed by atoms with Crippen molar-refractivity contribution in [3.63, 3.8) is 0 Å². The van der Waals surface area contributed by atoms with Crippen LogP contribution in [0.5, 0.6) is 0 Å². The molecule has 0 bridgehead atoms. The lowest BCUT2D eigenvalue weighted by Crippen LogP contribution is -2.10. The number of nitrogens with one attached hydrogen (secondary N) is 1. The van der Waals surface area contributed by atoms with Gasteiger partial charge < -0.3 is 19.3 Å². The van der Waals surface area contributed by atoms with E-state index in [1.165, 1.54) is 18.2 Å². The Hall–Kier alpha value is -4.17. The lowest BCUT2D eigenvalue weighted by atomic mass is 10.1. The molecule has 8 nitrogen and oxygen atoms in total. The highest BCUT2D eigenvalue weighted by atomic mass is 16.6. The van der Waals surface area contributed by atoms with Crippen molar-refractivity contribution in [1.29, 1.82) is 0 Å². The summed E-state index contributed by atoms with van der Waals surface area (Å²) in [5.41, 5.74) is 1.54. The number of rotatable bonds is 6. The monoisotopic (exact) mass is 404 g/mol. The van der Waals surface area contributed by atoms with Crippen LogP contribution in [0.2, 0.25) is 0 Å². The van der Waals surface area contributed by atoms with Gasteiger partial charge in [0.15, 0.2) is 5.76 Å². The Kier molecular flexibility index (Phi) is 5.15.